The first kappa shape index (κ1) is 14.3. The van der Waals surface area contributed by atoms with Crippen molar-refractivity contribution in [3.8, 4) is 6.07 Å². The Balaban J connectivity index is 2.03. The van der Waals surface area contributed by atoms with Crippen molar-refractivity contribution in [2.75, 3.05) is 13.7 Å². The van der Waals surface area contributed by atoms with Crippen LogP contribution in [0.4, 0.5) is 4.39 Å². The molecule has 6 heteroatoms. The predicted octanol–water partition coefficient (Wildman–Crippen LogP) is 2.67. The van der Waals surface area contributed by atoms with E-state index in [1.165, 1.54) is 0 Å². The first-order chi connectivity index (χ1) is 10.1. The highest BCUT2D eigenvalue weighted by atomic mass is 35.5. The first-order valence-electron chi connectivity index (χ1n) is 6.78. The molecule has 0 saturated carbocycles. The van der Waals surface area contributed by atoms with E-state index < -0.39 is 6.17 Å². The van der Waals surface area contributed by atoms with E-state index in [2.05, 4.69) is 11.2 Å². The Morgan fingerprint density at radius 3 is 2.95 bits per heavy atom. The molecule has 0 amide bonds. The van der Waals surface area contributed by atoms with Gasteiger partial charge in [0, 0.05) is 19.1 Å². The lowest BCUT2D eigenvalue weighted by Crippen LogP contribution is -2.35. The maximum absolute atomic E-state index is 13.5. The average Bonchev–Trinajstić information content (AvgIpc) is 2.97. The summed E-state index contributed by atoms with van der Waals surface area (Å²) in [5, 5.41) is 15.7. The maximum Gasteiger partial charge on any atom is 0.123 e. The number of hydrogen-bond acceptors (Lipinski definition) is 4. The van der Waals surface area contributed by atoms with Crippen LogP contribution in [-0.2, 0) is 4.74 Å². The summed E-state index contributed by atoms with van der Waals surface area (Å²) < 4.78 is 19.0. The molecule has 0 bridgehead atoms. The highest BCUT2D eigenvalue weighted by molar-refractivity contribution is 6.33. The van der Waals surface area contributed by atoms with E-state index in [1.807, 2.05) is 13.0 Å². The van der Waals surface area contributed by atoms with Gasteiger partial charge in [0.1, 0.15) is 18.3 Å². The van der Waals surface area contributed by atoms with Gasteiger partial charge in [-0.1, -0.05) is 17.7 Å². The molecule has 3 atom stereocenters. The number of halogens is 2. The van der Waals surface area contributed by atoms with E-state index in [4.69, 9.17) is 21.6 Å². The second-order valence-corrected chi connectivity index (χ2v) is 5.75. The number of alkyl halides is 1. The van der Waals surface area contributed by atoms with E-state index in [1.54, 1.807) is 18.2 Å². The Kier molecular flexibility index (Phi) is 3.60. The number of nitrogens with zero attached hydrogens (tertiary/aromatic N) is 3. The van der Waals surface area contributed by atoms with Crippen LogP contribution >= 0.6 is 11.6 Å². The van der Waals surface area contributed by atoms with Crippen molar-refractivity contribution >= 4 is 17.3 Å². The second-order valence-electron chi connectivity index (χ2n) is 5.38. The molecule has 1 aromatic carbocycles. The van der Waals surface area contributed by atoms with Gasteiger partial charge in [-0.2, -0.15) is 10.4 Å². The van der Waals surface area contributed by atoms with Gasteiger partial charge in [0.25, 0.3) is 0 Å². The Labute approximate surface area is 127 Å². The van der Waals surface area contributed by atoms with Crippen LogP contribution in [-0.4, -0.2) is 42.7 Å². The van der Waals surface area contributed by atoms with Crippen molar-refractivity contribution < 1.29 is 9.13 Å². The lowest BCUT2D eigenvalue weighted by atomic mass is 9.95. The molecule has 2 heterocycles. The third-order valence-electron chi connectivity index (χ3n) is 4.16. The van der Waals surface area contributed by atoms with Gasteiger partial charge >= 0.3 is 0 Å². The zero-order valence-corrected chi connectivity index (χ0v) is 12.6. The Morgan fingerprint density at radius 2 is 2.29 bits per heavy atom. The standard InChI is InChI=1S/C15H15ClFN3O/c1-8-11(4-3-9(6-18)13(8)16)14-15(21-2)12-5-10(17)7-20(12)19-14/h3-4,10,12,15H,5,7H2,1-2H3/t10-,12-,15-/m0/s1. The fourth-order valence-electron chi connectivity index (χ4n) is 3.09. The molecule has 4 nitrogen and oxygen atoms in total. The molecular formula is C15H15ClFN3O. The summed E-state index contributed by atoms with van der Waals surface area (Å²) in [5.41, 5.74) is 2.86. The molecule has 110 valence electrons. The minimum Gasteiger partial charge on any atom is -0.373 e. The fourth-order valence-corrected chi connectivity index (χ4v) is 3.30. The Morgan fingerprint density at radius 1 is 1.52 bits per heavy atom. The van der Waals surface area contributed by atoms with Gasteiger partial charge in [-0.25, -0.2) is 4.39 Å². The minimum absolute atomic E-state index is 0.0613. The van der Waals surface area contributed by atoms with Crippen LogP contribution in [0.1, 0.15) is 23.1 Å². The van der Waals surface area contributed by atoms with E-state index >= 15 is 0 Å². The number of fused-ring (bicyclic) bond motifs is 1. The molecule has 0 unspecified atom stereocenters. The normalized spacial score (nSPS) is 27.5. The molecule has 1 aromatic rings. The number of hydrazone groups is 1. The zero-order chi connectivity index (χ0) is 15.1. The molecule has 0 aromatic heterocycles. The summed E-state index contributed by atoms with van der Waals surface area (Å²) in [6.45, 7) is 2.16. The number of methoxy groups -OCH3 is 1. The van der Waals surface area contributed by atoms with E-state index in [-0.39, 0.29) is 12.1 Å². The van der Waals surface area contributed by atoms with Gasteiger partial charge in [-0.15, -0.1) is 0 Å². The van der Waals surface area contributed by atoms with E-state index in [0.29, 0.717) is 23.6 Å². The van der Waals surface area contributed by atoms with Gasteiger partial charge in [-0.05, 0) is 18.6 Å². The van der Waals surface area contributed by atoms with Crippen molar-refractivity contribution in [1.82, 2.24) is 5.01 Å². The topological polar surface area (TPSA) is 48.6 Å². The van der Waals surface area contributed by atoms with E-state index in [0.717, 1.165) is 16.8 Å². The lowest BCUT2D eigenvalue weighted by Gasteiger charge is -2.20. The number of nitriles is 1. The molecule has 0 radical (unpaired) electrons. The largest absolute Gasteiger partial charge is 0.373 e. The van der Waals surface area contributed by atoms with Crippen LogP contribution in [0.5, 0.6) is 0 Å². The van der Waals surface area contributed by atoms with Crippen molar-refractivity contribution in [3.63, 3.8) is 0 Å². The lowest BCUT2D eigenvalue weighted by molar-refractivity contribution is 0.0985. The predicted molar refractivity (Wildman–Crippen MR) is 78.2 cm³/mol. The van der Waals surface area contributed by atoms with Crippen molar-refractivity contribution in [2.24, 2.45) is 5.10 Å². The van der Waals surface area contributed by atoms with Gasteiger partial charge in [-0.3, -0.25) is 5.01 Å². The molecule has 0 N–H and O–H groups in total. The molecule has 2 aliphatic heterocycles. The highest BCUT2D eigenvalue weighted by Crippen LogP contribution is 2.34. The Bertz CT molecular complexity index is 655. The summed E-state index contributed by atoms with van der Waals surface area (Å²) in [5.74, 6) is 0. The van der Waals surface area contributed by atoms with E-state index in [9.17, 15) is 4.39 Å². The van der Waals surface area contributed by atoms with Crippen LogP contribution in [0.3, 0.4) is 0 Å². The third-order valence-corrected chi connectivity index (χ3v) is 4.64. The van der Waals surface area contributed by atoms with Gasteiger partial charge in [0.2, 0.25) is 0 Å². The smallest absolute Gasteiger partial charge is 0.123 e. The molecule has 1 fully saturated rings. The third kappa shape index (κ3) is 2.19. The first-order valence-corrected chi connectivity index (χ1v) is 7.16. The van der Waals surface area contributed by atoms with Crippen LogP contribution in [0.15, 0.2) is 17.2 Å². The summed E-state index contributed by atoms with van der Waals surface area (Å²) in [6, 6.07) is 5.52. The Hall–Kier alpha value is -1.64. The quantitative estimate of drug-likeness (QED) is 0.844. The summed E-state index contributed by atoms with van der Waals surface area (Å²) in [7, 11) is 1.61. The van der Waals surface area contributed by atoms with Crippen molar-refractivity contribution in [3.05, 3.63) is 33.8 Å². The zero-order valence-electron chi connectivity index (χ0n) is 11.8. The molecular weight excluding hydrogens is 293 g/mol. The van der Waals surface area contributed by atoms with Gasteiger partial charge in [0.15, 0.2) is 0 Å². The molecule has 21 heavy (non-hydrogen) atoms. The molecule has 3 rings (SSSR count). The molecule has 0 spiro atoms. The minimum atomic E-state index is -0.858. The number of hydrogen-bond donors (Lipinski definition) is 0. The summed E-state index contributed by atoms with van der Waals surface area (Å²) in [4.78, 5) is 0. The summed E-state index contributed by atoms with van der Waals surface area (Å²) in [6.07, 6.45) is -0.703. The SMILES string of the molecule is CO[C@@H]1C(c2ccc(C#N)c(Cl)c2C)=NN2C[C@@H](F)C[C@@H]12. The number of rotatable bonds is 2. The maximum atomic E-state index is 13.5. The van der Waals surface area contributed by atoms with Crippen molar-refractivity contribution in [2.45, 2.75) is 31.7 Å². The molecule has 2 aliphatic rings. The van der Waals surface area contributed by atoms with Crippen molar-refractivity contribution in [1.29, 1.82) is 5.26 Å². The van der Waals surface area contributed by atoms with Crippen LogP contribution < -0.4 is 0 Å². The number of benzene rings is 1. The van der Waals surface area contributed by atoms with Gasteiger partial charge in [0.05, 0.1) is 28.9 Å². The average molecular weight is 308 g/mol. The van der Waals surface area contributed by atoms with Crippen LogP contribution in [0, 0.1) is 18.3 Å². The monoisotopic (exact) mass is 307 g/mol. The van der Waals surface area contributed by atoms with Crippen LogP contribution in [0.25, 0.3) is 0 Å². The fraction of sp³-hybridized carbons (Fsp3) is 0.467. The van der Waals surface area contributed by atoms with Gasteiger partial charge < -0.3 is 4.74 Å². The second kappa shape index (κ2) is 5.28. The molecule has 1 saturated heterocycles. The van der Waals surface area contributed by atoms with Crippen LogP contribution in [0.2, 0.25) is 5.02 Å². The molecule has 0 aliphatic carbocycles. The number of ether oxygens (including phenoxy) is 1. The summed E-state index contributed by atoms with van der Waals surface area (Å²) >= 11 is 6.22. The highest BCUT2D eigenvalue weighted by Gasteiger charge is 2.45.